The molecule has 4 rings (SSSR count). The average Bonchev–Trinajstić information content (AvgIpc) is 3.28. The van der Waals surface area contributed by atoms with E-state index in [0.29, 0.717) is 22.3 Å². The van der Waals surface area contributed by atoms with Gasteiger partial charge in [-0.05, 0) is 38.0 Å². The fraction of sp³-hybridized carbons (Fsp3) is 0.300. The number of aromatic nitrogens is 2. The van der Waals surface area contributed by atoms with Gasteiger partial charge >= 0.3 is 5.97 Å². The minimum atomic E-state index is -1.15. The second kappa shape index (κ2) is 7.40. The molecule has 1 aliphatic rings. The second-order valence-corrected chi connectivity index (χ2v) is 7.84. The van der Waals surface area contributed by atoms with Crippen LogP contribution in [0.3, 0.4) is 0 Å². The van der Waals surface area contributed by atoms with Gasteiger partial charge in [-0.25, -0.2) is 14.2 Å². The smallest absolute Gasteiger partial charge is 0.349 e. The Morgan fingerprint density at radius 1 is 1.34 bits per heavy atom. The fourth-order valence-electron chi connectivity index (χ4n) is 3.33. The molecule has 0 saturated carbocycles. The Morgan fingerprint density at radius 3 is 2.86 bits per heavy atom. The quantitative estimate of drug-likeness (QED) is 0.662. The Hall–Kier alpha value is -3.07. The average molecular weight is 415 g/mol. The van der Waals surface area contributed by atoms with Crippen LogP contribution >= 0.6 is 11.3 Å². The summed E-state index contributed by atoms with van der Waals surface area (Å²) in [6.07, 6.45) is 0.461. The summed E-state index contributed by atoms with van der Waals surface area (Å²) in [5.41, 5.74) is 0.349. The molecule has 9 heteroatoms. The molecular formula is C20H18FN3O4S. The van der Waals surface area contributed by atoms with E-state index in [1.54, 1.807) is 17.6 Å². The third-order valence-electron chi connectivity index (χ3n) is 4.88. The van der Waals surface area contributed by atoms with Gasteiger partial charge in [0, 0.05) is 13.0 Å². The number of hydrogen-bond donors (Lipinski definition) is 1. The van der Waals surface area contributed by atoms with Gasteiger partial charge in [0.25, 0.3) is 11.5 Å². The lowest BCUT2D eigenvalue weighted by molar-refractivity contribution is -0.123. The third kappa shape index (κ3) is 3.42. The largest absolute Gasteiger partial charge is 0.448 e. The zero-order valence-corrected chi connectivity index (χ0v) is 16.6. The van der Waals surface area contributed by atoms with Gasteiger partial charge in [-0.2, -0.15) is 0 Å². The Bertz CT molecular complexity index is 1200. The van der Waals surface area contributed by atoms with Gasteiger partial charge < -0.3 is 10.1 Å². The van der Waals surface area contributed by atoms with E-state index < -0.39 is 23.8 Å². The molecule has 3 aromatic rings. The maximum atomic E-state index is 13.7. The number of hydrogen-bond acceptors (Lipinski definition) is 6. The van der Waals surface area contributed by atoms with Gasteiger partial charge in [0.2, 0.25) is 0 Å². The number of aryl methyl sites for hydroxylation is 2. The van der Waals surface area contributed by atoms with Crippen molar-refractivity contribution in [3.05, 3.63) is 56.7 Å². The van der Waals surface area contributed by atoms with Crippen LogP contribution in [0, 0.1) is 12.7 Å². The molecule has 29 heavy (non-hydrogen) atoms. The van der Waals surface area contributed by atoms with E-state index in [9.17, 15) is 18.8 Å². The molecule has 0 bridgehead atoms. The first kappa shape index (κ1) is 19.3. The number of fused-ring (bicyclic) bond motifs is 2. The molecule has 3 heterocycles. The molecule has 0 saturated heterocycles. The van der Waals surface area contributed by atoms with Gasteiger partial charge in [-0.3, -0.25) is 14.2 Å². The molecule has 1 N–H and O–H groups in total. The molecule has 1 amide bonds. The molecule has 0 unspecified atom stereocenters. The van der Waals surface area contributed by atoms with Crippen molar-refractivity contribution in [2.45, 2.75) is 39.3 Å². The summed E-state index contributed by atoms with van der Waals surface area (Å²) >= 11 is 1.08. The minimum absolute atomic E-state index is 0.00480. The Balaban J connectivity index is 1.55. The van der Waals surface area contributed by atoms with Crippen LogP contribution in [0.2, 0.25) is 0 Å². The van der Waals surface area contributed by atoms with Gasteiger partial charge in [-0.15, -0.1) is 11.3 Å². The number of para-hydroxylation sites is 1. The number of nitrogens with one attached hydrogen (secondary N) is 1. The van der Waals surface area contributed by atoms with Crippen LogP contribution in [0.25, 0.3) is 10.2 Å². The number of benzene rings is 1. The van der Waals surface area contributed by atoms with Crippen molar-refractivity contribution >= 4 is 39.1 Å². The summed E-state index contributed by atoms with van der Waals surface area (Å²) in [6, 6.07) is 5.72. The molecule has 0 aliphatic carbocycles. The fourth-order valence-corrected chi connectivity index (χ4v) is 4.41. The number of carbonyl (C=O) groups excluding carboxylic acids is 2. The summed E-state index contributed by atoms with van der Waals surface area (Å²) in [4.78, 5) is 42.9. The summed E-state index contributed by atoms with van der Waals surface area (Å²) in [5, 5.41) is 2.81. The van der Waals surface area contributed by atoms with Gasteiger partial charge in [0.15, 0.2) is 6.10 Å². The molecule has 7 nitrogen and oxygen atoms in total. The number of amides is 1. The number of esters is 1. The Kier molecular flexibility index (Phi) is 4.91. The van der Waals surface area contributed by atoms with Crippen LogP contribution in [0.5, 0.6) is 0 Å². The topological polar surface area (TPSA) is 90.3 Å². The lowest BCUT2D eigenvalue weighted by Crippen LogP contribution is -2.30. The minimum Gasteiger partial charge on any atom is -0.448 e. The highest BCUT2D eigenvalue weighted by Crippen LogP contribution is 2.29. The molecule has 0 spiro atoms. The van der Waals surface area contributed by atoms with Crippen molar-refractivity contribution in [1.82, 2.24) is 9.55 Å². The lowest BCUT2D eigenvalue weighted by Gasteiger charge is -2.13. The predicted octanol–water partition coefficient (Wildman–Crippen LogP) is 3.04. The predicted molar refractivity (Wildman–Crippen MR) is 107 cm³/mol. The first-order valence-electron chi connectivity index (χ1n) is 9.16. The molecule has 0 radical (unpaired) electrons. The van der Waals surface area contributed by atoms with E-state index in [0.717, 1.165) is 30.0 Å². The Morgan fingerprint density at radius 2 is 2.10 bits per heavy atom. The van der Waals surface area contributed by atoms with E-state index in [2.05, 4.69) is 10.3 Å². The second-order valence-electron chi connectivity index (χ2n) is 6.84. The maximum Gasteiger partial charge on any atom is 0.349 e. The van der Waals surface area contributed by atoms with Gasteiger partial charge in [-0.1, -0.05) is 12.1 Å². The van der Waals surface area contributed by atoms with Crippen molar-refractivity contribution in [2.75, 3.05) is 5.32 Å². The van der Waals surface area contributed by atoms with Crippen LogP contribution in [0.15, 0.2) is 29.1 Å². The van der Waals surface area contributed by atoms with Crippen molar-refractivity contribution in [1.29, 1.82) is 0 Å². The lowest BCUT2D eigenvalue weighted by atomic mass is 10.2. The standard InChI is InChI=1S/C20H18FN3O4S/c1-10-15-18(23-14-8-5-9-24(14)19(15)26)29-16(10)20(27)28-11(2)17(25)22-13-7-4-3-6-12(13)21/h3-4,6-7,11H,5,8-9H2,1-2H3,(H,22,25)/t11-/m1/s1. The van der Waals surface area contributed by atoms with Crippen LogP contribution in [0.4, 0.5) is 10.1 Å². The number of nitrogens with zero attached hydrogens (tertiary/aromatic N) is 2. The molecule has 1 aliphatic heterocycles. The van der Waals surface area contributed by atoms with E-state index >= 15 is 0 Å². The van der Waals surface area contributed by atoms with Gasteiger partial charge in [0.1, 0.15) is 21.3 Å². The number of rotatable bonds is 4. The first-order chi connectivity index (χ1) is 13.9. The van der Waals surface area contributed by atoms with Gasteiger partial charge in [0.05, 0.1) is 11.1 Å². The van der Waals surface area contributed by atoms with Crippen molar-refractivity contribution in [3.8, 4) is 0 Å². The highest BCUT2D eigenvalue weighted by Gasteiger charge is 2.26. The van der Waals surface area contributed by atoms with Crippen molar-refractivity contribution in [3.63, 3.8) is 0 Å². The van der Waals surface area contributed by atoms with Crippen molar-refractivity contribution in [2.24, 2.45) is 0 Å². The Labute approximate surface area is 169 Å². The van der Waals surface area contributed by atoms with E-state index in [-0.39, 0.29) is 16.1 Å². The number of anilines is 1. The number of ether oxygens (including phenoxy) is 1. The molecule has 1 aromatic carbocycles. The highest BCUT2D eigenvalue weighted by atomic mass is 32.1. The third-order valence-corrected chi connectivity index (χ3v) is 6.05. The zero-order valence-electron chi connectivity index (χ0n) is 15.8. The first-order valence-corrected chi connectivity index (χ1v) is 9.97. The van der Waals surface area contributed by atoms with E-state index in [1.165, 1.54) is 25.1 Å². The molecule has 2 aromatic heterocycles. The molecule has 1 atom stereocenters. The normalized spacial score (nSPS) is 13.9. The molecular weight excluding hydrogens is 397 g/mol. The zero-order chi connectivity index (χ0) is 20.7. The maximum absolute atomic E-state index is 13.7. The van der Waals surface area contributed by atoms with E-state index in [1.807, 2.05) is 0 Å². The molecule has 0 fully saturated rings. The van der Waals surface area contributed by atoms with Crippen LogP contribution in [-0.2, 0) is 22.5 Å². The van der Waals surface area contributed by atoms with Crippen molar-refractivity contribution < 1.29 is 18.7 Å². The summed E-state index contributed by atoms with van der Waals surface area (Å²) in [7, 11) is 0. The summed E-state index contributed by atoms with van der Waals surface area (Å²) < 4.78 is 20.6. The number of halogens is 1. The monoisotopic (exact) mass is 415 g/mol. The van der Waals surface area contributed by atoms with Crippen LogP contribution in [-0.4, -0.2) is 27.5 Å². The van der Waals surface area contributed by atoms with Crippen LogP contribution in [0.1, 0.15) is 34.4 Å². The van der Waals surface area contributed by atoms with E-state index in [4.69, 9.17) is 4.74 Å². The summed E-state index contributed by atoms with van der Waals surface area (Å²) in [6.45, 7) is 3.70. The number of thiophene rings is 1. The number of carbonyl (C=O) groups is 2. The molecule has 150 valence electrons. The van der Waals surface area contributed by atoms with Crippen LogP contribution < -0.4 is 10.9 Å². The SMILES string of the molecule is Cc1c(C(=O)O[C@H](C)C(=O)Nc2ccccc2F)sc2nc3n(c(=O)c12)CCC3. The highest BCUT2D eigenvalue weighted by molar-refractivity contribution is 7.20. The summed E-state index contributed by atoms with van der Waals surface area (Å²) in [5.74, 6) is -1.23.